The van der Waals surface area contributed by atoms with E-state index in [2.05, 4.69) is 4.74 Å². The average molecular weight is 240 g/mol. The first kappa shape index (κ1) is 12.9. The Morgan fingerprint density at radius 2 is 2.12 bits per heavy atom. The molecule has 1 unspecified atom stereocenters. The topological polar surface area (TPSA) is 43.4 Å². The maximum absolute atomic E-state index is 11.9. The fourth-order valence-corrected chi connectivity index (χ4v) is 2.57. The van der Waals surface area contributed by atoms with Crippen molar-refractivity contribution in [2.45, 2.75) is 18.7 Å². The summed E-state index contributed by atoms with van der Waals surface area (Å²) < 4.78 is 16.5. The summed E-state index contributed by atoms with van der Waals surface area (Å²) in [5.41, 5.74) is 0.442. The molecular formula is C12H16O3S. The van der Waals surface area contributed by atoms with Crippen LogP contribution in [0, 0.1) is 5.92 Å². The molecule has 1 atom stereocenters. The average Bonchev–Trinajstić information content (AvgIpc) is 2.27. The summed E-state index contributed by atoms with van der Waals surface area (Å²) in [5.74, 6) is 0.566. The van der Waals surface area contributed by atoms with E-state index in [1.165, 1.54) is 7.11 Å². The van der Waals surface area contributed by atoms with E-state index in [9.17, 15) is 9.00 Å². The molecule has 0 aromatic heterocycles. The van der Waals surface area contributed by atoms with Crippen LogP contribution < -0.4 is 0 Å². The minimum atomic E-state index is -1.05. The number of benzene rings is 1. The second kappa shape index (κ2) is 5.80. The van der Waals surface area contributed by atoms with Crippen molar-refractivity contribution in [2.75, 3.05) is 12.9 Å². The highest BCUT2D eigenvalue weighted by Crippen LogP contribution is 2.13. The third-order valence-corrected chi connectivity index (χ3v) is 3.75. The Morgan fingerprint density at radius 3 is 2.69 bits per heavy atom. The van der Waals surface area contributed by atoms with Crippen LogP contribution in [0.25, 0.3) is 0 Å². The van der Waals surface area contributed by atoms with Crippen molar-refractivity contribution in [3.63, 3.8) is 0 Å². The molecule has 3 nitrogen and oxygen atoms in total. The Labute approximate surface area is 98.3 Å². The molecule has 0 N–H and O–H groups in total. The van der Waals surface area contributed by atoms with Gasteiger partial charge in [0.15, 0.2) is 0 Å². The Hall–Kier alpha value is -1.16. The molecule has 88 valence electrons. The summed E-state index contributed by atoms with van der Waals surface area (Å²) in [7, 11) is 0.283. The van der Waals surface area contributed by atoms with Crippen LogP contribution in [-0.2, 0) is 15.5 Å². The van der Waals surface area contributed by atoms with Gasteiger partial charge in [0.1, 0.15) is 0 Å². The molecule has 0 radical (unpaired) electrons. The van der Waals surface area contributed by atoms with Crippen molar-refractivity contribution in [3.8, 4) is 0 Å². The van der Waals surface area contributed by atoms with Gasteiger partial charge >= 0.3 is 5.97 Å². The molecule has 4 heteroatoms. The van der Waals surface area contributed by atoms with Gasteiger partial charge in [0.05, 0.1) is 23.5 Å². The predicted octanol–water partition coefficient (Wildman–Crippen LogP) is 2.24. The van der Waals surface area contributed by atoms with Gasteiger partial charge in [0.2, 0.25) is 0 Å². The Kier molecular flexibility index (Phi) is 4.68. The molecule has 0 saturated carbocycles. The number of esters is 1. The van der Waals surface area contributed by atoms with Crippen LogP contribution in [0.1, 0.15) is 24.2 Å². The lowest BCUT2D eigenvalue weighted by Gasteiger charge is -2.06. The lowest BCUT2D eigenvalue weighted by molar-refractivity contribution is 0.0600. The number of hydrogen-bond acceptors (Lipinski definition) is 3. The van der Waals surface area contributed by atoms with E-state index >= 15 is 0 Å². The number of carbonyl (C=O) groups excluding carboxylic acids is 1. The first-order chi connectivity index (χ1) is 7.54. The molecule has 0 spiro atoms. The van der Waals surface area contributed by atoms with Crippen LogP contribution in [0.5, 0.6) is 0 Å². The zero-order valence-corrected chi connectivity index (χ0v) is 10.5. The zero-order chi connectivity index (χ0) is 12.1. The van der Waals surface area contributed by atoms with Crippen molar-refractivity contribution < 1.29 is 13.7 Å². The molecule has 0 aliphatic heterocycles. The van der Waals surface area contributed by atoms with E-state index in [0.29, 0.717) is 22.1 Å². The highest BCUT2D eigenvalue weighted by Gasteiger charge is 2.10. The van der Waals surface area contributed by atoms with Gasteiger partial charge in [-0.2, -0.15) is 0 Å². The van der Waals surface area contributed by atoms with Gasteiger partial charge < -0.3 is 4.74 Å². The minimum Gasteiger partial charge on any atom is -0.465 e. The number of methoxy groups -OCH3 is 1. The van der Waals surface area contributed by atoms with Crippen molar-refractivity contribution in [1.29, 1.82) is 0 Å². The second-order valence-electron chi connectivity index (χ2n) is 3.93. The van der Waals surface area contributed by atoms with Crippen molar-refractivity contribution in [3.05, 3.63) is 29.8 Å². The minimum absolute atomic E-state index is 0.364. The zero-order valence-electron chi connectivity index (χ0n) is 9.73. The van der Waals surface area contributed by atoms with Crippen molar-refractivity contribution in [2.24, 2.45) is 5.92 Å². The van der Waals surface area contributed by atoms with E-state index in [1.807, 2.05) is 13.8 Å². The van der Waals surface area contributed by atoms with Crippen LogP contribution in [0.15, 0.2) is 29.2 Å². The maximum atomic E-state index is 11.9. The number of carbonyl (C=O) groups is 1. The molecule has 0 heterocycles. The summed E-state index contributed by atoms with van der Waals surface area (Å²) in [5, 5.41) is 0. The van der Waals surface area contributed by atoms with Crippen LogP contribution in [0.2, 0.25) is 0 Å². The SMILES string of the molecule is COC(=O)c1cccc(S(=O)CC(C)C)c1. The maximum Gasteiger partial charge on any atom is 0.337 e. The second-order valence-corrected chi connectivity index (χ2v) is 5.42. The fourth-order valence-electron chi connectivity index (χ4n) is 1.28. The van der Waals surface area contributed by atoms with E-state index in [0.717, 1.165) is 0 Å². The highest BCUT2D eigenvalue weighted by molar-refractivity contribution is 7.85. The van der Waals surface area contributed by atoms with Gasteiger partial charge in [0, 0.05) is 10.6 Å². The molecule has 0 saturated heterocycles. The quantitative estimate of drug-likeness (QED) is 0.758. The largest absolute Gasteiger partial charge is 0.465 e. The molecule has 16 heavy (non-hydrogen) atoms. The molecule has 0 aliphatic rings. The molecule has 1 aromatic carbocycles. The summed E-state index contributed by atoms with van der Waals surface area (Å²) >= 11 is 0. The van der Waals surface area contributed by atoms with Crippen LogP contribution >= 0.6 is 0 Å². The molecular weight excluding hydrogens is 224 g/mol. The third-order valence-electron chi connectivity index (χ3n) is 2.00. The lowest BCUT2D eigenvalue weighted by Crippen LogP contribution is -2.06. The molecule has 1 rings (SSSR count). The number of hydrogen-bond donors (Lipinski definition) is 0. The van der Waals surface area contributed by atoms with Gasteiger partial charge in [-0.1, -0.05) is 19.9 Å². The molecule has 1 aromatic rings. The van der Waals surface area contributed by atoms with E-state index < -0.39 is 16.8 Å². The fraction of sp³-hybridized carbons (Fsp3) is 0.417. The molecule has 0 aliphatic carbocycles. The molecule has 0 fully saturated rings. The Balaban J connectivity index is 2.90. The number of ether oxygens (including phenoxy) is 1. The van der Waals surface area contributed by atoms with Gasteiger partial charge in [-0.25, -0.2) is 4.79 Å². The summed E-state index contributed by atoms with van der Waals surface area (Å²) in [6.45, 7) is 4.03. The summed E-state index contributed by atoms with van der Waals surface area (Å²) in [4.78, 5) is 12.0. The van der Waals surface area contributed by atoms with E-state index in [1.54, 1.807) is 24.3 Å². The lowest BCUT2D eigenvalue weighted by atomic mass is 10.2. The normalized spacial score (nSPS) is 12.5. The highest BCUT2D eigenvalue weighted by atomic mass is 32.2. The molecule has 0 bridgehead atoms. The van der Waals surface area contributed by atoms with E-state index in [-0.39, 0.29) is 0 Å². The molecule has 0 amide bonds. The van der Waals surface area contributed by atoms with E-state index in [4.69, 9.17) is 0 Å². The summed E-state index contributed by atoms with van der Waals surface area (Å²) in [6.07, 6.45) is 0. The summed E-state index contributed by atoms with van der Waals surface area (Å²) in [6, 6.07) is 6.77. The van der Waals surface area contributed by atoms with Crippen molar-refractivity contribution >= 4 is 16.8 Å². The van der Waals surface area contributed by atoms with Crippen LogP contribution in [-0.4, -0.2) is 23.0 Å². The number of rotatable bonds is 4. The van der Waals surface area contributed by atoms with Crippen molar-refractivity contribution in [1.82, 2.24) is 0 Å². The first-order valence-electron chi connectivity index (χ1n) is 5.11. The Bertz CT molecular complexity index is 399. The van der Waals surface area contributed by atoms with Gasteiger partial charge in [-0.05, 0) is 24.1 Å². The Morgan fingerprint density at radius 1 is 1.44 bits per heavy atom. The van der Waals surface area contributed by atoms with Gasteiger partial charge in [-0.3, -0.25) is 4.21 Å². The van der Waals surface area contributed by atoms with Gasteiger partial charge in [0.25, 0.3) is 0 Å². The first-order valence-corrected chi connectivity index (χ1v) is 6.43. The smallest absolute Gasteiger partial charge is 0.337 e. The van der Waals surface area contributed by atoms with Crippen LogP contribution in [0.3, 0.4) is 0 Å². The standard InChI is InChI=1S/C12H16O3S/c1-9(2)8-16(14)11-6-4-5-10(7-11)12(13)15-3/h4-7,9H,8H2,1-3H3. The third kappa shape index (κ3) is 3.45. The van der Waals surface area contributed by atoms with Gasteiger partial charge in [-0.15, -0.1) is 0 Å². The predicted molar refractivity (Wildman–Crippen MR) is 63.9 cm³/mol. The monoisotopic (exact) mass is 240 g/mol. The van der Waals surface area contributed by atoms with Crippen LogP contribution in [0.4, 0.5) is 0 Å².